The molecule has 0 spiro atoms. The Morgan fingerprint density at radius 3 is 2.58 bits per heavy atom. The second-order valence-electron chi connectivity index (χ2n) is 5.62. The largest absolute Gasteiger partial charge is 0.361 e. The van der Waals surface area contributed by atoms with Gasteiger partial charge in [-0.1, -0.05) is 18.2 Å². The number of halogens is 1. The number of rotatable bonds is 3. The number of benzene rings is 1. The highest BCUT2D eigenvalue weighted by atomic mass is 35.5. The average Bonchev–Trinajstić information content (AvgIpc) is 2.93. The van der Waals surface area contributed by atoms with Crippen LogP contribution in [0.15, 0.2) is 30.5 Å². The standard InChI is InChI=1S/C16H22N2.ClH/c1-12-7-8-13(2)18(12)10-9-14-11-17-16-6-4-3-5-15(14)16;/h3-6,11-13,17H,7-10H2,1-2H3;1H. The van der Waals surface area contributed by atoms with E-state index in [2.05, 4.69) is 54.2 Å². The molecule has 2 unspecified atom stereocenters. The first kappa shape index (κ1) is 14.4. The highest BCUT2D eigenvalue weighted by Gasteiger charge is 2.26. The lowest BCUT2D eigenvalue weighted by atomic mass is 10.1. The first-order chi connectivity index (χ1) is 8.75. The van der Waals surface area contributed by atoms with E-state index < -0.39 is 0 Å². The molecule has 1 saturated heterocycles. The van der Waals surface area contributed by atoms with Crippen molar-refractivity contribution in [2.24, 2.45) is 0 Å². The van der Waals surface area contributed by atoms with E-state index in [-0.39, 0.29) is 12.4 Å². The molecule has 1 aliphatic rings. The Bertz CT molecular complexity index is 524. The summed E-state index contributed by atoms with van der Waals surface area (Å²) in [6.07, 6.45) is 6.04. The normalized spacial score (nSPS) is 23.7. The fraction of sp³-hybridized carbons (Fsp3) is 0.500. The van der Waals surface area contributed by atoms with Gasteiger partial charge in [0.15, 0.2) is 0 Å². The van der Waals surface area contributed by atoms with E-state index >= 15 is 0 Å². The third-order valence-corrected chi connectivity index (χ3v) is 4.45. The number of nitrogens with one attached hydrogen (secondary N) is 1. The minimum absolute atomic E-state index is 0. The molecular weight excluding hydrogens is 256 g/mol. The lowest BCUT2D eigenvalue weighted by Gasteiger charge is -2.25. The predicted octanol–water partition coefficient (Wildman–Crippen LogP) is 4.01. The SMILES string of the molecule is CC1CCC(C)N1CCc1c[nH]c2ccccc12.Cl. The quantitative estimate of drug-likeness (QED) is 0.899. The van der Waals surface area contributed by atoms with Crippen LogP contribution in [0.4, 0.5) is 0 Å². The molecule has 19 heavy (non-hydrogen) atoms. The van der Waals surface area contributed by atoms with Crippen LogP contribution < -0.4 is 0 Å². The fourth-order valence-corrected chi connectivity index (χ4v) is 3.28. The molecule has 0 amide bonds. The molecular formula is C16H23ClN2. The van der Waals surface area contributed by atoms with E-state index in [0.717, 1.165) is 18.5 Å². The number of H-pyrrole nitrogens is 1. The van der Waals surface area contributed by atoms with Crippen LogP contribution in [0.2, 0.25) is 0 Å². The third-order valence-electron chi connectivity index (χ3n) is 4.45. The van der Waals surface area contributed by atoms with E-state index in [9.17, 15) is 0 Å². The van der Waals surface area contributed by atoms with E-state index in [1.807, 2.05) is 0 Å². The summed E-state index contributed by atoms with van der Waals surface area (Å²) in [6, 6.07) is 10.1. The average molecular weight is 279 g/mol. The van der Waals surface area contributed by atoms with Gasteiger partial charge in [0.25, 0.3) is 0 Å². The Morgan fingerprint density at radius 2 is 1.84 bits per heavy atom. The molecule has 0 radical (unpaired) electrons. The molecule has 0 aliphatic carbocycles. The second kappa shape index (κ2) is 5.98. The summed E-state index contributed by atoms with van der Waals surface area (Å²) in [7, 11) is 0. The van der Waals surface area contributed by atoms with Crippen molar-refractivity contribution in [2.75, 3.05) is 6.54 Å². The van der Waals surface area contributed by atoms with E-state index in [1.165, 1.54) is 35.9 Å². The van der Waals surface area contributed by atoms with Gasteiger partial charge in [-0.3, -0.25) is 4.90 Å². The molecule has 2 heterocycles. The predicted molar refractivity (Wildman–Crippen MR) is 84.1 cm³/mol. The Balaban J connectivity index is 0.00000133. The summed E-state index contributed by atoms with van der Waals surface area (Å²) in [5.74, 6) is 0. The van der Waals surface area contributed by atoms with Gasteiger partial charge in [-0.25, -0.2) is 0 Å². The van der Waals surface area contributed by atoms with Crippen molar-refractivity contribution in [1.29, 1.82) is 0 Å². The molecule has 2 nitrogen and oxygen atoms in total. The van der Waals surface area contributed by atoms with Crippen molar-refractivity contribution < 1.29 is 0 Å². The van der Waals surface area contributed by atoms with Crippen LogP contribution in [-0.4, -0.2) is 28.5 Å². The van der Waals surface area contributed by atoms with Gasteiger partial charge in [-0.15, -0.1) is 12.4 Å². The van der Waals surface area contributed by atoms with E-state index in [1.54, 1.807) is 0 Å². The highest BCUT2D eigenvalue weighted by molar-refractivity contribution is 5.85. The first-order valence-corrected chi connectivity index (χ1v) is 7.06. The molecule has 0 saturated carbocycles. The maximum atomic E-state index is 3.37. The monoisotopic (exact) mass is 278 g/mol. The van der Waals surface area contributed by atoms with Crippen molar-refractivity contribution in [3.8, 4) is 0 Å². The van der Waals surface area contributed by atoms with E-state index in [4.69, 9.17) is 0 Å². The molecule has 1 N–H and O–H groups in total. The van der Waals surface area contributed by atoms with Crippen LogP contribution in [0.3, 0.4) is 0 Å². The number of aromatic amines is 1. The number of hydrogen-bond donors (Lipinski definition) is 1. The maximum absolute atomic E-state index is 3.37. The third kappa shape index (κ3) is 2.80. The molecule has 2 atom stereocenters. The molecule has 3 heteroatoms. The molecule has 2 aromatic rings. The van der Waals surface area contributed by atoms with Crippen LogP contribution in [-0.2, 0) is 6.42 Å². The summed E-state index contributed by atoms with van der Waals surface area (Å²) in [4.78, 5) is 6.02. The molecule has 1 aliphatic heterocycles. The van der Waals surface area contributed by atoms with Crippen LogP contribution in [0, 0.1) is 0 Å². The van der Waals surface area contributed by atoms with Gasteiger partial charge in [0.2, 0.25) is 0 Å². The summed E-state index contributed by atoms with van der Waals surface area (Å²) < 4.78 is 0. The number of hydrogen-bond acceptors (Lipinski definition) is 1. The zero-order valence-electron chi connectivity index (χ0n) is 11.7. The zero-order valence-corrected chi connectivity index (χ0v) is 12.5. The van der Waals surface area contributed by atoms with Gasteiger partial charge >= 0.3 is 0 Å². The van der Waals surface area contributed by atoms with Gasteiger partial charge < -0.3 is 4.98 Å². The number of nitrogens with zero attached hydrogens (tertiary/aromatic N) is 1. The first-order valence-electron chi connectivity index (χ1n) is 7.06. The molecule has 1 aromatic heterocycles. The van der Waals surface area contributed by atoms with Crippen LogP contribution >= 0.6 is 12.4 Å². The summed E-state index contributed by atoms with van der Waals surface area (Å²) in [5.41, 5.74) is 2.71. The van der Waals surface area contributed by atoms with Crippen LogP contribution in [0.1, 0.15) is 32.3 Å². The fourth-order valence-electron chi connectivity index (χ4n) is 3.28. The van der Waals surface area contributed by atoms with Crippen molar-refractivity contribution in [1.82, 2.24) is 9.88 Å². The van der Waals surface area contributed by atoms with Gasteiger partial charge in [0.1, 0.15) is 0 Å². The molecule has 1 aromatic carbocycles. The number of fused-ring (bicyclic) bond motifs is 1. The minimum atomic E-state index is 0. The van der Waals surface area contributed by atoms with Crippen molar-refractivity contribution in [2.45, 2.75) is 45.2 Å². The van der Waals surface area contributed by atoms with Gasteiger partial charge in [0, 0.05) is 35.7 Å². The van der Waals surface area contributed by atoms with Gasteiger partial charge in [-0.05, 0) is 44.7 Å². The molecule has 0 bridgehead atoms. The minimum Gasteiger partial charge on any atom is -0.361 e. The Kier molecular flexibility index (Phi) is 4.54. The van der Waals surface area contributed by atoms with Crippen molar-refractivity contribution in [3.05, 3.63) is 36.0 Å². The Labute approximate surface area is 121 Å². The molecule has 1 fully saturated rings. The number of likely N-dealkylation sites (tertiary alicyclic amines) is 1. The topological polar surface area (TPSA) is 19.0 Å². The molecule has 3 rings (SSSR count). The highest BCUT2D eigenvalue weighted by Crippen LogP contribution is 2.25. The lowest BCUT2D eigenvalue weighted by Crippen LogP contribution is -2.34. The molecule has 104 valence electrons. The maximum Gasteiger partial charge on any atom is 0.0456 e. The second-order valence-corrected chi connectivity index (χ2v) is 5.62. The smallest absolute Gasteiger partial charge is 0.0456 e. The van der Waals surface area contributed by atoms with Crippen LogP contribution in [0.25, 0.3) is 10.9 Å². The number of aromatic nitrogens is 1. The summed E-state index contributed by atoms with van der Waals surface area (Å²) >= 11 is 0. The van der Waals surface area contributed by atoms with Gasteiger partial charge in [0.05, 0.1) is 0 Å². The zero-order chi connectivity index (χ0) is 12.5. The summed E-state index contributed by atoms with van der Waals surface area (Å²) in [5, 5.41) is 1.39. The Hall–Kier alpha value is -0.990. The van der Waals surface area contributed by atoms with Crippen LogP contribution in [0.5, 0.6) is 0 Å². The van der Waals surface area contributed by atoms with E-state index in [0.29, 0.717) is 0 Å². The lowest BCUT2D eigenvalue weighted by molar-refractivity contribution is 0.217. The van der Waals surface area contributed by atoms with Gasteiger partial charge in [-0.2, -0.15) is 0 Å². The summed E-state index contributed by atoms with van der Waals surface area (Å²) in [6.45, 7) is 5.90. The number of para-hydroxylation sites is 1. The Morgan fingerprint density at radius 1 is 1.16 bits per heavy atom. The van der Waals surface area contributed by atoms with Crippen molar-refractivity contribution in [3.63, 3.8) is 0 Å². The van der Waals surface area contributed by atoms with Crippen molar-refractivity contribution >= 4 is 23.3 Å².